The Morgan fingerprint density at radius 1 is 0.583 bits per heavy atom. The maximum Gasteiger partial charge on any atom is 0.0694 e. The van der Waals surface area contributed by atoms with Gasteiger partial charge >= 0.3 is 0 Å². The van der Waals surface area contributed by atoms with Gasteiger partial charge in [-0.15, -0.1) is 0 Å². The summed E-state index contributed by atoms with van der Waals surface area (Å²) in [7, 11) is 0. The van der Waals surface area contributed by atoms with E-state index in [1.165, 1.54) is 33.4 Å². The van der Waals surface area contributed by atoms with E-state index in [1.807, 2.05) is 0 Å². The van der Waals surface area contributed by atoms with E-state index in [-0.39, 0.29) is 0 Å². The van der Waals surface area contributed by atoms with Gasteiger partial charge in [-0.1, -0.05) is 27.7 Å². The number of hydrogen-bond donors (Lipinski definition) is 1. The highest BCUT2D eigenvalue weighted by Crippen LogP contribution is 2.37. The lowest BCUT2D eigenvalue weighted by atomic mass is 9.96. The fourth-order valence-corrected chi connectivity index (χ4v) is 5.76. The van der Waals surface area contributed by atoms with E-state index in [1.54, 1.807) is 0 Å². The Kier molecular flexibility index (Phi) is 6.42. The van der Waals surface area contributed by atoms with E-state index in [4.69, 9.17) is 15.0 Å². The van der Waals surface area contributed by atoms with Crippen molar-refractivity contribution >= 4 is 17.1 Å². The first-order valence-electron chi connectivity index (χ1n) is 13.4. The highest BCUT2D eigenvalue weighted by atomic mass is 15.5. The molecule has 0 aromatic carbocycles. The van der Waals surface area contributed by atoms with Crippen molar-refractivity contribution in [2.24, 2.45) is 15.0 Å². The topological polar surface area (TPSA) is 52.4 Å². The fraction of sp³-hybridized carbons (Fsp3) is 0.387. The van der Waals surface area contributed by atoms with Crippen LogP contribution in [0, 0.1) is 0 Å². The van der Waals surface area contributed by atoms with Gasteiger partial charge in [-0.25, -0.2) is 15.0 Å². The number of fused-ring (bicyclic) bond motifs is 4. The van der Waals surface area contributed by atoms with Crippen LogP contribution >= 0.6 is 0 Å². The van der Waals surface area contributed by atoms with Crippen LogP contribution < -0.4 is 5.43 Å². The first kappa shape index (κ1) is 24.2. The average molecular weight is 480 g/mol. The van der Waals surface area contributed by atoms with E-state index in [9.17, 15) is 0 Å². The zero-order valence-electron chi connectivity index (χ0n) is 22.7. The number of hydrazine groups is 1. The predicted molar refractivity (Wildman–Crippen MR) is 152 cm³/mol. The summed E-state index contributed by atoms with van der Waals surface area (Å²) in [5.74, 6) is 0. The molecule has 0 saturated carbocycles. The van der Waals surface area contributed by atoms with Crippen molar-refractivity contribution in [2.75, 3.05) is 6.54 Å². The van der Waals surface area contributed by atoms with Gasteiger partial charge in [0, 0.05) is 6.54 Å². The highest BCUT2D eigenvalue weighted by Gasteiger charge is 2.27. The Morgan fingerprint density at radius 3 is 1.81 bits per heavy atom. The molecule has 0 aliphatic carbocycles. The van der Waals surface area contributed by atoms with E-state index < -0.39 is 0 Å². The number of rotatable bonds is 5. The molecule has 5 rings (SSSR count). The summed E-state index contributed by atoms with van der Waals surface area (Å²) in [6, 6.07) is 0. The number of hydrogen-bond acceptors (Lipinski definition) is 5. The minimum absolute atomic E-state index is 0.852. The lowest BCUT2D eigenvalue weighted by Crippen LogP contribution is -2.30. The van der Waals surface area contributed by atoms with E-state index in [0.29, 0.717) is 0 Å². The molecule has 5 heteroatoms. The van der Waals surface area contributed by atoms with Crippen molar-refractivity contribution in [3.63, 3.8) is 0 Å². The molecule has 0 unspecified atom stereocenters. The van der Waals surface area contributed by atoms with Crippen molar-refractivity contribution in [3.05, 3.63) is 92.3 Å². The summed E-state index contributed by atoms with van der Waals surface area (Å²) in [6.07, 6.45) is 14.8. The van der Waals surface area contributed by atoms with Crippen LogP contribution in [0.2, 0.25) is 0 Å². The lowest BCUT2D eigenvalue weighted by molar-refractivity contribution is 0.324. The number of allylic oxidation sites excluding steroid dienone is 11. The van der Waals surface area contributed by atoms with Crippen molar-refractivity contribution < 1.29 is 0 Å². The van der Waals surface area contributed by atoms with Gasteiger partial charge < -0.3 is 0 Å². The minimum atomic E-state index is 0.852. The number of aliphatic imine (C=N–C) groups is 3. The monoisotopic (exact) mass is 479 g/mol. The second-order valence-electron chi connectivity index (χ2n) is 9.68. The Balaban J connectivity index is 1.78. The van der Waals surface area contributed by atoms with Gasteiger partial charge in [0.1, 0.15) is 0 Å². The van der Waals surface area contributed by atoms with Gasteiger partial charge in [-0.2, -0.15) is 0 Å². The smallest absolute Gasteiger partial charge is 0.0694 e. The van der Waals surface area contributed by atoms with Crippen molar-refractivity contribution in [3.8, 4) is 0 Å². The second kappa shape index (κ2) is 9.53. The fourth-order valence-electron chi connectivity index (χ4n) is 5.76. The third kappa shape index (κ3) is 3.91. The van der Waals surface area contributed by atoms with E-state index in [0.717, 1.165) is 77.8 Å². The molecule has 0 aromatic rings. The standard InChI is InChI=1S/C31H37N5/c1-8-22-18(6)26-14-20-13-21(36(12-5)35-20)15-27-19(7)23(9-2)29(33-27)17-31-25(11-4)24(10-3)30(34-31)16-28(22)32-26/h13-17,35H,8-12H2,1-7H3. The molecule has 5 heterocycles. The van der Waals surface area contributed by atoms with Crippen LogP contribution in [0.3, 0.4) is 0 Å². The van der Waals surface area contributed by atoms with Crippen LogP contribution in [-0.2, 0) is 0 Å². The average Bonchev–Trinajstić information content (AvgIpc) is 3.57. The van der Waals surface area contributed by atoms with E-state index in [2.05, 4.69) is 89.3 Å². The maximum absolute atomic E-state index is 5.18. The molecule has 0 aromatic heterocycles. The van der Waals surface area contributed by atoms with Crippen LogP contribution in [0.15, 0.2) is 107 Å². The molecular formula is C31H37N5. The van der Waals surface area contributed by atoms with Gasteiger partial charge in [-0.05, 0) is 110 Å². The van der Waals surface area contributed by atoms with Crippen molar-refractivity contribution in [1.29, 1.82) is 0 Å². The molecule has 0 spiro atoms. The van der Waals surface area contributed by atoms with Crippen LogP contribution in [0.1, 0.15) is 74.1 Å². The van der Waals surface area contributed by atoms with Crippen LogP contribution in [-0.4, -0.2) is 28.7 Å². The van der Waals surface area contributed by atoms with Crippen molar-refractivity contribution in [2.45, 2.75) is 74.1 Å². The summed E-state index contributed by atoms with van der Waals surface area (Å²) in [6.45, 7) is 16.3. The molecule has 5 aliphatic rings. The Bertz CT molecular complexity index is 1380. The molecule has 5 nitrogen and oxygen atoms in total. The normalized spacial score (nSPS) is 21.2. The first-order valence-corrected chi connectivity index (χ1v) is 13.4. The summed E-state index contributed by atoms with van der Waals surface area (Å²) in [5, 5.41) is 2.17. The predicted octanol–water partition coefficient (Wildman–Crippen LogP) is 7.19. The molecule has 186 valence electrons. The molecule has 0 atom stereocenters. The molecule has 36 heavy (non-hydrogen) atoms. The van der Waals surface area contributed by atoms with Crippen LogP contribution in [0.25, 0.3) is 0 Å². The summed E-state index contributed by atoms with van der Waals surface area (Å²) < 4.78 is 0. The molecule has 1 N–H and O–H groups in total. The molecule has 0 fully saturated rings. The summed E-state index contributed by atoms with van der Waals surface area (Å²) in [5.41, 5.74) is 19.7. The highest BCUT2D eigenvalue weighted by molar-refractivity contribution is 6.18. The van der Waals surface area contributed by atoms with Gasteiger partial charge in [0.15, 0.2) is 0 Å². The maximum atomic E-state index is 5.18. The Morgan fingerprint density at radius 2 is 1.17 bits per heavy atom. The van der Waals surface area contributed by atoms with Crippen LogP contribution in [0.4, 0.5) is 0 Å². The van der Waals surface area contributed by atoms with Gasteiger partial charge in [0.2, 0.25) is 0 Å². The van der Waals surface area contributed by atoms with Gasteiger partial charge in [0.05, 0.1) is 45.6 Å². The zero-order valence-corrected chi connectivity index (χ0v) is 22.7. The Hall–Kier alpha value is -3.47. The molecule has 8 bridgehead atoms. The Labute approximate surface area is 215 Å². The number of nitrogens with one attached hydrogen (secondary N) is 1. The minimum Gasteiger partial charge on any atom is -0.298 e. The molecule has 5 aliphatic heterocycles. The van der Waals surface area contributed by atoms with E-state index >= 15 is 0 Å². The SMILES string of the molecule is CCC1=C(C)C2=NC1=CC1=NC(=CC3=NC(=CC4=CC(=C2)N(CC)N4)C(C)=C3CC)C(CC)=C1CC. The summed E-state index contributed by atoms with van der Waals surface area (Å²) >= 11 is 0. The summed E-state index contributed by atoms with van der Waals surface area (Å²) in [4.78, 5) is 15.4. The van der Waals surface area contributed by atoms with Gasteiger partial charge in [0.25, 0.3) is 0 Å². The number of likely N-dealkylation sites (N-methyl/N-ethyl adjacent to an activating group) is 1. The third-order valence-corrected chi connectivity index (χ3v) is 7.73. The molecule has 0 amide bonds. The van der Waals surface area contributed by atoms with Crippen LogP contribution in [0.5, 0.6) is 0 Å². The molecule has 0 radical (unpaired) electrons. The lowest BCUT2D eigenvalue weighted by Gasteiger charge is -2.19. The third-order valence-electron chi connectivity index (χ3n) is 7.73. The second-order valence-corrected chi connectivity index (χ2v) is 9.68. The largest absolute Gasteiger partial charge is 0.298 e. The van der Waals surface area contributed by atoms with Crippen molar-refractivity contribution in [1.82, 2.24) is 10.4 Å². The first-order chi connectivity index (χ1) is 17.4. The zero-order chi connectivity index (χ0) is 25.6. The quantitative estimate of drug-likeness (QED) is 0.453. The van der Waals surface area contributed by atoms with Gasteiger partial charge in [-0.3, -0.25) is 10.4 Å². The number of nitrogens with zero attached hydrogens (tertiary/aromatic N) is 4. The molecular weight excluding hydrogens is 442 g/mol. The molecule has 0 saturated heterocycles.